The lowest BCUT2D eigenvalue weighted by molar-refractivity contribution is -0.122. The van der Waals surface area contributed by atoms with E-state index in [0.29, 0.717) is 5.69 Å². The van der Waals surface area contributed by atoms with Gasteiger partial charge in [-0.15, -0.1) is 11.6 Å². The van der Waals surface area contributed by atoms with E-state index in [0.717, 1.165) is 13.4 Å². The van der Waals surface area contributed by atoms with Gasteiger partial charge in [-0.2, -0.15) is 0 Å². The molecule has 0 bridgehead atoms. The summed E-state index contributed by atoms with van der Waals surface area (Å²) in [6.45, 7) is 3.60. The number of halogens is 4. The van der Waals surface area contributed by atoms with Gasteiger partial charge in [0.05, 0.1) is 11.1 Å². The molecule has 1 aromatic carbocycles. The van der Waals surface area contributed by atoms with Crippen LogP contribution in [0.4, 0.5) is 5.69 Å². The van der Waals surface area contributed by atoms with Gasteiger partial charge in [0.2, 0.25) is 5.91 Å². The first-order valence-corrected chi connectivity index (χ1v) is 7.71. The number of carbonyl (C=O) groups excluding carboxylic acids is 1. The fourth-order valence-corrected chi connectivity index (χ4v) is 3.58. The molecular weight excluding hydrogens is 437 g/mol. The number of hydrogen-bond acceptors (Lipinski definition) is 1. The van der Waals surface area contributed by atoms with E-state index >= 15 is 0 Å². The van der Waals surface area contributed by atoms with Gasteiger partial charge in [0.25, 0.3) is 0 Å². The second-order valence-corrected chi connectivity index (χ2v) is 7.11. The van der Waals surface area contributed by atoms with Crippen LogP contribution in [0.2, 0.25) is 0 Å². The molecule has 0 spiro atoms. The number of alkyl halides is 1. The van der Waals surface area contributed by atoms with Crippen molar-refractivity contribution in [2.24, 2.45) is 5.41 Å². The van der Waals surface area contributed by atoms with Gasteiger partial charge < -0.3 is 5.32 Å². The van der Waals surface area contributed by atoms with Crippen LogP contribution in [0.1, 0.15) is 13.8 Å². The van der Waals surface area contributed by atoms with Crippen molar-refractivity contribution in [2.75, 3.05) is 11.2 Å². The minimum Gasteiger partial charge on any atom is -0.324 e. The van der Waals surface area contributed by atoms with Crippen molar-refractivity contribution in [1.29, 1.82) is 0 Å². The van der Waals surface area contributed by atoms with Crippen LogP contribution in [-0.4, -0.2) is 11.8 Å². The lowest BCUT2D eigenvalue weighted by Crippen LogP contribution is -2.32. The van der Waals surface area contributed by atoms with Crippen LogP contribution in [0, 0.1) is 5.41 Å². The van der Waals surface area contributed by atoms with Crippen LogP contribution in [0.5, 0.6) is 0 Å². The van der Waals surface area contributed by atoms with Gasteiger partial charge in [0.15, 0.2) is 0 Å². The summed E-state index contributed by atoms with van der Waals surface area (Å²) >= 11 is 16.0. The van der Waals surface area contributed by atoms with Crippen LogP contribution < -0.4 is 5.32 Å². The zero-order chi connectivity index (χ0) is 13.2. The summed E-state index contributed by atoms with van der Waals surface area (Å²) in [5.41, 5.74) is 0.101. The predicted molar refractivity (Wildman–Crippen MR) is 82.7 cm³/mol. The Kier molecular flexibility index (Phi) is 5.50. The standard InChI is InChI=1S/C11H11Br3ClNO/c1-11(2,5-15)10(17)16-9-7(13)3-6(12)4-8(9)14/h3-4H,5H2,1-2H3,(H,16,17). The monoisotopic (exact) mass is 445 g/mol. The molecule has 1 amide bonds. The highest BCUT2D eigenvalue weighted by Gasteiger charge is 2.27. The largest absolute Gasteiger partial charge is 0.324 e. The number of nitrogens with one attached hydrogen (secondary N) is 1. The number of anilines is 1. The number of carbonyl (C=O) groups is 1. The first-order chi connectivity index (χ1) is 7.77. The molecule has 1 rings (SSSR count). The summed E-state index contributed by atoms with van der Waals surface area (Å²) in [4.78, 5) is 12.0. The molecule has 0 aliphatic rings. The molecule has 0 unspecified atom stereocenters. The molecule has 94 valence electrons. The van der Waals surface area contributed by atoms with Crippen LogP contribution >= 0.6 is 59.4 Å². The van der Waals surface area contributed by atoms with Crippen molar-refractivity contribution in [2.45, 2.75) is 13.8 Å². The first-order valence-electron chi connectivity index (χ1n) is 4.80. The number of benzene rings is 1. The zero-order valence-corrected chi connectivity index (χ0v) is 14.8. The topological polar surface area (TPSA) is 29.1 Å². The Morgan fingerprint density at radius 1 is 1.29 bits per heavy atom. The van der Waals surface area contributed by atoms with Gasteiger partial charge in [-0.3, -0.25) is 4.79 Å². The van der Waals surface area contributed by atoms with Gasteiger partial charge in [0.1, 0.15) is 0 Å². The van der Waals surface area contributed by atoms with E-state index in [9.17, 15) is 4.79 Å². The molecule has 0 saturated heterocycles. The first kappa shape index (κ1) is 15.5. The summed E-state index contributed by atoms with van der Waals surface area (Å²) in [6.07, 6.45) is 0. The molecule has 0 atom stereocenters. The van der Waals surface area contributed by atoms with Gasteiger partial charge in [-0.1, -0.05) is 15.9 Å². The third-order valence-electron chi connectivity index (χ3n) is 2.19. The summed E-state index contributed by atoms with van der Waals surface area (Å²) in [7, 11) is 0. The quantitative estimate of drug-likeness (QED) is 0.635. The van der Waals surface area contributed by atoms with E-state index in [2.05, 4.69) is 53.1 Å². The lowest BCUT2D eigenvalue weighted by Gasteiger charge is -2.21. The van der Waals surface area contributed by atoms with E-state index in [-0.39, 0.29) is 11.8 Å². The van der Waals surface area contributed by atoms with E-state index in [4.69, 9.17) is 11.6 Å². The summed E-state index contributed by atoms with van der Waals surface area (Å²) in [6, 6.07) is 3.74. The van der Waals surface area contributed by atoms with E-state index in [1.807, 2.05) is 12.1 Å². The minimum absolute atomic E-state index is 0.115. The maximum absolute atomic E-state index is 12.0. The summed E-state index contributed by atoms with van der Waals surface area (Å²) < 4.78 is 2.53. The number of rotatable bonds is 3. The molecule has 1 aromatic rings. The van der Waals surface area contributed by atoms with Crippen molar-refractivity contribution < 1.29 is 4.79 Å². The maximum atomic E-state index is 12.0. The van der Waals surface area contributed by atoms with Crippen molar-refractivity contribution in [3.05, 3.63) is 25.6 Å². The van der Waals surface area contributed by atoms with Gasteiger partial charge >= 0.3 is 0 Å². The van der Waals surface area contributed by atoms with Crippen LogP contribution in [0.25, 0.3) is 0 Å². The van der Waals surface area contributed by atoms with Crippen LogP contribution in [-0.2, 0) is 4.79 Å². The lowest BCUT2D eigenvalue weighted by atomic mass is 9.95. The molecule has 0 saturated carbocycles. The second-order valence-electron chi connectivity index (χ2n) is 4.22. The number of amides is 1. The van der Waals surface area contributed by atoms with Crippen molar-refractivity contribution in [1.82, 2.24) is 0 Å². The van der Waals surface area contributed by atoms with Gasteiger partial charge in [0, 0.05) is 19.3 Å². The van der Waals surface area contributed by atoms with Gasteiger partial charge in [-0.25, -0.2) is 0 Å². The van der Waals surface area contributed by atoms with E-state index in [1.54, 1.807) is 13.8 Å². The molecule has 2 nitrogen and oxygen atoms in total. The third-order valence-corrected chi connectivity index (χ3v) is 4.57. The molecule has 17 heavy (non-hydrogen) atoms. The van der Waals surface area contributed by atoms with Crippen molar-refractivity contribution >= 4 is 71.0 Å². The Balaban J connectivity index is 3.01. The molecule has 0 heterocycles. The molecule has 0 aliphatic heterocycles. The van der Waals surface area contributed by atoms with E-state index in [1.165, 1.54) is 0 Å². The Bertz CT molecular complexity index is 425. The highest BCUT2D eigenvalue weighted by molar-refractivity contribution is 9.11. The van der Waals surface area contributed by atoms with Crippen molar-refractivity contribution in [3.8, 4) is 0 Å². The molecular formula is C11H11Br3ClNO. The minimum atomic E-state index is -0.604. The Labute approximate surface area is 131 Å². The van der Waals surface area contributed by atoms with Gasteiger partial charge in [-0.05, 0) is 57.8 Å². The fraction of sp³-hybridized carbons (Fsp3) is 0.364. The molecule has 6 heteroatoms. The number of hydrogen-bond donors (Lipinski definition) is 1. The summed E-state index contributed by atoms with van der Waals surface area (Å²) in [5, 5.41) is 2.86. The Morgan fingerprint density at radius 3 is 2.18 bits per heavy atom. The zero-order valence-electron chi connectivity index (χ0n) is 9.28. The maximum Gasteiger partial charge on any atom is 0.231 e. The SMILES string of the molecule is CC(C)(CCl)C(=O)Nc1c(Br)cc(Br)cc1Br. The Hall–Kier alpha value is 0.420. The molecule has 0 aliphatic carbocycles. The molecule has 0 radical (unpaired) electrons. The highest BCUT2D eigenvalue weighted by atomic mass is 79.9. The van der Waals surface area contributed by atoms with Crippen molar-refractivity contribution in [3.63, 3.8) is 0 Å². The fourth-order valence-electron chi connectivity index (χ4n) is 1.01. The summed E-state index contributed by atoms with van der Waals surface area (Å²) in [5.74, 6) is 0.154. The van der Waals surface area contributed by atoms with E-state index < -0.39 is 5.41 Å². The average Bonchev–Trinajstić information content (AvgIpc) is 2.22. The molecule has 0 aromatic heterocycles. The van der Waals surface area contributed by atoms with Crippen LogP contribution in [0.15, 0.2) is 25.6 Å². The normalized spacial score (nSPS) is 11.4. The average molecular weight is 448 g/mol. The molecule has 0 fully saturated rings. The Morgan fingerprint density at radius 2 is 1.76 bits per heavy atom. The second kappa shape index (κ2) is 6.04. The highest BCUT2D eigenvalue weighted by Crippen LogP contribution is 2.35. The predicted octanol–water partition coefficient (Wildman–Crippen LogP) is 5.18. The molecule has 1 N–H and O–H groups in total. The van der Waals surface area contributed by atoms with Crippen LogP contribution in [0.3, 0.4) is 0 Å². The third kappa shape index (κ3) is 3.94. The smallest absolute Gasteiger partial charge is 0.231 e.